The second-order valence-corrected chi connectivity index (χ2v) is 9.71. The molecule has 4 aliphatic rings. The molecule has 3 aliphatic heterocycles. The number of aryl methyl sites for hydroxylation is 1. The van der Waals surface area contributed by atoms with Crippen molar-refractivity contribution < 1.29 is 4.79 Å². The number of likely N-dealkylation sites (tertiary alicyclic amines) is 1. The molecule has 4 nitrogen and oxygen atoms in total. The smallest absolute Gasteiger partial charge is 0.254 e. The number of amides is 1. The Kier molecular flexibility index (Phi) is 4.12. The molecule has 29 heavy (non-hydrogen) atoms. The van der Waals surface area contributed by atoms with Gasteiger partial charge < -0.3 is 9.47 Å². The largest absolute Gasteiger partial charge is 0.351 e. The van der Waals surface area contributed by atoms with Gasteiger partial charge in [-0.25, -0.2) is 0 Å². The molecule has 4 atom stereocenters. The first-order valence-electron chi connectivity index (χ1n) is 11.5. The molecule has 3 fully saturated rings. The molecule has 4 heteroatoms. The van der Waals surface area contributed by atoms with Crippen molar-refractivity contribution in [2.45, 2.75) is 50.6 Å². The van der Waals surface area contributed by atoms with Crippen molar-refractivity contribution in [3.05, 3.63) is 47.7 Å². The maximum atomic E-state index is 13.6. The average molecular weight is 390 g/mol. The fraction of sp³-hybridized carbons (Fsp3) is 0.560. The van der Waals surface area contributed by atoms with E-state index in [1.807, 2.05) is 6.07 Å². The SMILES string of the molecule is Cn1ccc2cc(C(=O)N3CCCC4=C[C@H]5C[C@@H](CN6CCCC[C@H]56)[C@@H]43)ccc21. The van der Waals surface area contributed by atoms with Crippen LogP contribution < -0.4 is 0 Å². The van der Waals surface area contributed by atoms with Gasteiger partial charge in [0, 0.05) is 48.8 Å². The Bertz CT molecular complexity index is 989. The van der Waals surface area contributed by atoms with Gasteiger partial charge in [-0.2, -0.15) is 0 Å². The number of nitrogens with zero attached hydrogens (tertiary/aromatic N) is 3. The molecule has 6 rings (SSSR count). The Hall–Kier alpha value is -2.07. The molecule has 2 bridgehead atoms. The number of aromatic nitrogens is 1. The Morgan fingerprint density at radius 2 is 2.03 bits per heavy atom. The Morgan fingerprint density at radius 1 is 1.10 bits per heavy atom. The monoisotopic (exact) mass is 389 g/mol. The summed E-state index contributed by atoms with van der Waals surface area (Å²) >= 11 is 0. The van der Waals surface area contributed by atoms with Crippen LogP contribution in [0.15, 0.2) is 42.1 Å². The molecule has 0 spiro atoms. The van der Waals surface area contributed by atoms with E-state index in [0.29, 0.717) is 12.0 Å². The van der Waals surface area contributed by atoms with Crippen molar-refractivity contribution in [1.29, 1.82) is 0 Å². The van der Waals surface area contributed by atoms with Crippen LogP contribution in [0.25, 0.3) is 10.9 Å². The van der Waals surface area contributed by atoms with E-state index >= 15 is 0 Å². The van der Waals surface area contributed by atoms with E-state index in [9.17, 15) is 4.79 Å². The van der Waals surface area contributed by atoms with Crippen molar-refractivity contribution in [2.75, 3.05) is 19.6 Å². The third-order valence-electron chi connectivity index (χ3n) is 8.05. The Labute approximate surface area is 173 Å². The zero-order chi connectivity index (χ0) is 19.5. The number of hydrogen-bond donors (Lipinski definition) is 0. The van der Waals surface area contributed by atoms with Crippen LogP contribution in [0.3, 0.4) is 0 Å². The van der Waals surface area contributed by atoms with Crippen LogP contribution in [-0.4, -0.2) is 52.0 Å². The van der Waals surface area contributed by atoms with Crippen LogP contribution >= 0.6 is 0 Å². The maximum Gasteiger partial charge on any atom is 0.254 e. The van der Waals surface area contributed by atoms with Crippen LogP contribution in [0, 0.1) is 11.8 Å². The van der Waals surface area contributed by atoms with Crippen molar-refractivity contribution >= 4 is 16.8 Å². The average Bonchev–Trinajstić information content (AvgIpc) is 3.13. The van der Waals surface area contributed by atoms with Gasteiger partial charge >= 0.3 is 0 Å². The van der Waals surface area contributed by atoms with Gasteiger partial charge in [-0.1, -0.05) is 18.1 Å². The molecule has 2 aromatic rings. The lowest BCUT2D eigenvalue weighted by Crippen LogP contribution is -2.60. The highest BCUT2D eigenvalue weighted by Gasteiger charge is 2.46. The molecular weight excluding hydrogens is 358 g/mol. The summed E-state index contributed by atoms with van der Waals surface area (Å²) in [6, 6.07) is 9.40. The number of carbonyl (C=O) groups is 1. The van der Waals surface area contributed by atoms with Gasteiger partial charge in [0.1, 0.15) is 0 Å². The number of carbonyl (C=O) groups excluding carboxylic acids is 1. The van der Waals surface area contributed by atoms with Crippen LogP contribution in [0.1, 0.15) is 48.9 Å². The zero-order valence-corrected chi connectivity index (χ0v) is 17.4. The van der Waals surface area contributed by atoms with E-state index in [0.717, 1.165) is 35.9 Å². The Morgan fingerprint density at radius 3 is 2.97 bits per heavy atom. The van der Waals surface area contributed by atoms with Crippen molar-refractivity contribution in [2.24, 2.45) is 18.9 Å². The molecule has 1 aromatic carbocycles. The summed E-state index contributed by atoms with van der Waals surface area (Å²) in [5.41, 5.74) is 3.60. The highest BCUT2D eigenvalue weighted by atomic mass is 16.2. The normalized spacial score (nSPS) is 31.9. The summed E-state index contributed by atoms with van der Waals surface area (Å²) in [5, 5.41) is 1.16. The minimum atomic E-state index is 0.227. The molecule has 1 aliphatic carbocycles. The summed E-state index contributed by atoms with van der Waals surface area (Å²) in [4.78, 5) is 18.6. The molecule has 4 heterocycles. The van der Waals surface area contributed by atoms with Crippen molar-refractivity contribution in [1.82, 2.24) is 14.4 Å². The molecule has 1 aromatic heterocycles. The lowest BCUT2D eigenvalue weighted by Gasteiger charge is -2.54. The third kappa shape index (κ3) is 2.79. The third-order valence-corrected chi connectivity index (χ3v) is 8.05. The van der Waals surface area contributed by atoms with E-state index in [2.05, 4.69) is 51.9 Å². The van der Waals surface area contributed by atoms with Gasteiger partial charge in [0.05, 0.1) is 6.04 Å². The Balaban J connectivity index is 1.33. The summed E-state index contributed by atoms with van der Waals surface area (Å²) in [6.45, 7) is 3.34. The molecule has 3 saturated heterocycles. The van der Waals surface area contributed by atoms with Gasteiger partial charge in [0.25, 0.3) is 5.91 Å². The van der Waals surface area contributed by atoms with E-state index in [1.165, 1.54) is 50.7 Å². The first kappa shape index (κ1) is 17.8. The first-order chi connectivity index (χ1) is 14.2. The number of benzene rings is 1. The molecule has 1 amide bonds. The fourth-order valence-electron chi connectivity index (χ4n) is 6.78. The lowest BCUT2D eigenvalue weighted by atomic mass is 9.68. The van der Waals surface area contributed by atoms with E-state index < -0.39 is 0 Å². The lowest BCUT2D eigenvalue weighted by molar-refractivity contribution is 0.00148. The molecule has 0 unspecified atom stereocenters. The summed E-state index contributed by atoms with van der Waals surface area (Å²) in [5.74, 6) is 1.56. The van der Waals surface area contributed by atoms with Gasteiger partial charge in [-0.05, 0) is 74.8 Å². The minimum absolute atomic E-state index is 0.227. The summed E-state index contributed by atoms with van der Waals surface area (Å²) in [7, 11) is 2.06. The highest BCUT2D eigenvalue weighted by molar-refractivity contribution is 5.98. The van der Waals surface area contributed by atoms with Crippen LogP contribution in [0.5, 0.6) is 0 Å². The maximum absolute atomic E-state index is 13.6. The summed E-state index contributed by atoms with van der Waals surface area (Å²) in [6.07, 6.45) is 12.3. The van der Waals surface area contributed by atoms with E-state index in [4.69, 9.17) is 0 Å². The number of rotatable bonds is 1. The van der Waals surface area contributed by atoms with Gasteiger partial charge in [0.15, 0.2) is 0 Å². The second-order valence-electron chi connectivity index (χ2n) is 9.71. The van der Waals surface area contributed by atoms with E-state index in [-0.39, 0.29) is 5.91 Å². The topological polar surface area (TPSA) is 28.5 Å². The number of hydrogen-bond acceptors (Lipinski definition) is 2. The standard InChI is InChI=1S/C25H31N3O/c1-26-12-9-17-13-19(7-8-22(17)26)25(29)28-11-4-5-18-14-20-15-21(24(18)28)16-27-10-3-2-6-23(20)27/h7-9,12-14,20-21,23-24H,2-6,10-11,15-16H2,1H3/t20-,21-,23+,24+/m0/s1. The number of fused-ring (bicyclic) bond motifs is 7. The predicted octanol–water partition coefficient (Wildman–Crippen LogP) is 4.21. The fourth-order valence-corrected chi connectivity index (χ4v) is 6.78. The molecule has 0 radical (unpaired) electrons. The van der Waals surface area contributed by atoms with Gasteiger partial charge in [-0.3, -0.25) is 9.69 Å². The minimum Gasteiger partial charge on any atom is -0.351 e. The van der Waals surface area contributed by atoms with Crippen molar-refractivity contribution in [3.8, 4) is 0 Å². The van der Waals surface area contributed by atoms with Gasteiger partial charge in [0.2, 0.25) is 0 Å². The van der Waals surface area contributed by atoms with E-state index in [1.54, 1.807) is 5.57 Å². The zero-order valence-electron chi connectivity index (χ0n) is 17.4. The highest BCUT2D eigenvalue weighted by Crippen LogP contribution is 2.45. The molecule has 0 N–H and O–H groups in total. The van der Waals surface area contributed by atoms with Crippen molar-refractivity contribution in [3.63, 3.8) is 0 Å². The molecule has 152 valence electrons. The quantitative estimate of drug-likeness (QED) is 0.684. The molecule has 0 saturated carbocycles. The van der Waals surface area contributed by atoms with Crippen LogP contribution in [-0.2, 0) is 7.05 Å². The van der Waals surface area contributed by atoms with Crippen LogP contribution in [0.2, 0.25) is 0 Å². The molecular formula is C25H31N3O. The second kappa shape index (κ2) is 6.73. The van der Waals surface area contributed by atoms with Gasteiger partial charge in [-0.15, -0.1) is 0 Å². The summed E-state index contributed by atoms with van der Waals surface area (Å²) < 4.78 is 2.11. The van der Waals surface area contributed by atoms with Crippen LogP contribution in [0.4, 0.5) is 0 Å². The number of piperidine rings is 3. The predicted molar refractivity (Wildman–Crippen MR) is 116 cm³/mol. The first-order valence-corrected chi connectivity index (χ1v) is 11.5.